The Morgan fingerprint density at radius 3 is 2.56 bits per heavy atom. The van der Waals surface area contributed by atoms with Gasteiger partial charge in [-0.25, -0.2) is 4.79 Å². The summed E-state index contributed by atoms with van der Waals surface area (Å²) in [5.41, 5.74) is 2.53. The Kier molecular flexibility index (Phi) is 1.15. The number of aliphatic carboxylic acids is 1. The first-order chi connectivity index (χ1) is 4.15. The van der Waals surface area contributed by atoms with Crippen molar-refractivity contribution in [2.45, 2.75) is 5.72 Å². The van der Waals surface area contributed by atoms with E-state index in [1.807, 2.05) is 0 Å². The van der Waals surface area contributed by atoms with Crippen molar-refractivity contribution >= 4 is 5.97 Å². The van der Waals surface area contributed by atoms with Crippen LogP contribution in [0.5, 0.6) is 0 Å². The van der Waals surface area contributed by atoms with Gasteiger partial charge in [-0.05, 0) is 6.08 Å². The largest absolute Gasteiger partial charge is 0.478 e. The monoisotopic (exact) mass is 130 g/mol. The molecule has 0 saturated carbocycles. The number of hydrogen-bond acceptors (Lipinski definition) is 4. The molecule has 0 saturated heterocycles. The normalized spacial score (nSPS) is 32.1. The van der Waals surface area contributed by atoms with Gasteiger partial charge in [0.25, 0.3) is 5.72 Å². The second-order valence-corrected chi connectivity index (χ2v) is 1.67. The van der Waals surface area contributed by atoms with Gasteiger partial charge < -0.3 is 15.6 Å². The van der Waals surface area contributed by atoms with Crippen molar-refractivity contribution in [3.8, 4) is 0 Å². The molecule has 1 unspecified atom stereocenters. The van der Waals surface area contributed by atoms with E-state index in [4.69, 9.17) is 10.2 Å². The second-order valence-electron chi connectivity index (χ2n) is 1.67. The highest BCUT2D eigenvalue weighted by molar-refractivity contribution is 5.79. The number of hydrogen-bond donors (Lipinski definition) is 4. The van der Waals surface area contributed by atoms with Crippen LogP contribution in [-0.2, 0) is 4.79 Å². The number of hydrazine groups is 1. The fraction of sp³-hybridized carbons (Fsp3) is 0.250. The number of carboxylic acid groups (broad SMARTS) is 1. The van der Waals surface area contributed by atoms with Crippen LogP contribution in [0, 0.1) is 0 Å². The van der Waals surface area contributed by atoms with Crippen molar-refractivity contribution in [2.75, 3.05) is 0 Å². The molecule has 0 fully saturated rings. The molecule has 1 aliphatic rings. The molecule has 4 N–H and O–H groups in total. The van der Waals surface area contributed by atoms with E-state index >= 15 is 0 Å². The van der Waals surface area contributed by atoms with Crippen molar-refractivity contribution in [3.05, 3.63) is 12.3 Å². The van der Waals surface area contributed by atoms with Crippen LogP contribution < -0.4 is 10.9 Å². The van der Waals surface area contributed by atoms with Crippen LogP contribution in [0.25, 0.3) is 0 Å². The fourth-order valence-corrected chi connectivity index (χ4v) is 0.480. The molecule has 0 aromatic rings. The molecule has 0 aromatic carbocycles. The number of carbonyl (C=O) groups is 1. The van der Waals surface area contributed by atoms with Gasteiger partial charge in [0.05, 0.1) is 0 Å². The van der Waals surface area contributed by atoms with Crippen LogP contribution in [0.3, 0.4) is 0 Å². The quantitative estimate of drug-likeness (QED) is 0.343. The average Bonchev–Trinajstić information content (AvgIpc) is 2.16. The van der Waals surface area contributed by atoms with Gasteiger partial charge in [0.2, 0.25) is 0 Å². The maximum absolute atomic E-state index is 10.1. The highest BCUT2D eigenvalue weighted by Gasteiger charge is 2.35. The zero-order chi connectivity index (χ0) is 6.91. The van der Waals surface area contributed by atoms with Gasteiger partial charge in [-0.2, -0.15) is 5.43 Å². The zero-order valence-corrected chi connectivity index (χ0v) is 4.46. The van der Waals surface area contributed by atoms with E-state index in [1.165, 1.54) is 6.20 Å². The lowest BCUT2D eigenvalue weighted by atomic mass is 10.2. The SMILES string of the molecule is O=C(O)C1(O)C=CNN1. The van der Waals surface area contributed by atoms with Crippen LogP contribution in [0.4, 0.5) is 0 Å². The summed E-state index contributed by atoms with van der Waals surface area (Å²) in [5, 5.41) is 17.2. The minimum atomic E-state index is -1.93. The highest BCUT2D eigenvalue weighted by Crippen LogP contribution is 2.03. The molecule has 1 rings (SSSR count). The lowest BCUT2D eigenvalue weighted by molar-refractivity contribution is -0.156. The van der Waals surface area contributed by atoms with E-state index in [0.717, 1.165) is 6.08 Å². The average molecular weight is 130 g/mol. The summed E-state index contributed by atoms with van der Waals surface area (Å²) in [6, 6.07) is 0. The molecule has 0 spiro atoms. The third-order valence-electron chi connectivity index (χ3n) is 0.997. The Morgan fingerprint density at radius 1 is 1.67 bits per heavy atom. The minimum Gasteiger partial charge on any atom is -0.478 e. The molecule has 0 radical (unpaired) electrons. The standard InChI is InChI=1S/C4H6N2O3/c7-3(8)4(9)1-2-5-6-4/h1-2,5-6,9H,(H,7,8). The van der Waals surface area contributed by atoms with Crippen molar-refractivity contribution in [2.24, 2.45) is 0 Å². The summed E-state index contributed by atoms with van der Waals surface area (Å²) in [4.78, 5) is 10.1. The van der Waals surface area contributed by atoms with Crippen molar-refractivity contribution in [1.82, 2.24) is 10.9 Å². The summed E-state index contributed by atoms with van der Waals surface area (Å²) in [6.45, 7) is 0. The van der Waals surface area contributed by atoms with Crippen LogP contribution >= 0.6 is 0 Å². The van der Waals surface area contributed by atoms with Crippen LogP contribution in [0.15, 0.2) is 12.3 Å². The number of nitrogens with one attached hydrogen (secondary N) is 2. The Morgan fingerprint density at radius 2 is 2.33 bits per heavy atom. The van der Waals surface area contributed by atoms with Crippen LogP contribution in [0.1, 0.15) is 0 Å². The van der Waals surface area contributed by atoms with E-state index in [2.05, 4.69) is 10.9 Å². The molecular formula is C4H6N2O3. The molecule has 50 valence electrons. The molecule has 9 heavy (non-hydrogen) atoms. The van der Waals surface area contributed by atoms with Crippen molar-refractivity contribution in [1.29, 1.82) is 0 Å². The third-order valence-corrected chi connectivity index (χ3v) is 0.997. The predicted octanol–water partition coefficient (Wildman–Crippen LogP) is -1.62. The molecule has 1 atom stereocenters. The van der Waals surface area contributed by atoms with Gasteiger partial charge in [0.15, 0.2) is 0 Å². The molecule has 0 bridgehead atoms. The molecule has 1 aliphatic heterocycles. The lowest BCUT2D eigenvalue weighted by Crippen LogP contribution is -2.50. The molecule has 0 aromatic heterocycles. The Balaban J connectivity index is 2.74. The molecule has 1 heterocycles. The van der Waals surface area contributed by atoms with Gasteiger partial charge in [-0.15, -0.1) is 0 Å². The van der Waals surface area contributed by atoms with E-state index < -0.39 is 11.7 Å². The number of carboxylic acids is 1. The van der Waals surface area contributed by atoms with E-state index in [0.29, 0.717) is 0 Å². The van der Waals surface area contributed by atoms with E-state index in [9.17, 15) is 4.79 Å². The molecular weight excluding hydrogens is 124 g/mol. The van der Waals surface area contributed by atoms with Gasteiger partial charge in [-0.1, -0.05) is 0 Å². The summed E-state index contributed by atoms with van der Waals surface area (Å²) in [7, 11) is 0. The second kappa shape index (κ2) is 1.71. The van der Waals surface area contributed by atoms with Crippen molar-refractivity contribution in [3.63, 3.8) is 0 Å². The highest BCUT2D eigenvalue weighted by atomic mass is 16.4. The first-order valence-electron chi connectivity index (χ1n) is 2.31. The Labute approximate surface area is 51.0 Å². The minimum absolute atomic E-state index is 1.11. The summed E-state index contributed by atoms with van der Waals surface area (Å²) >= 11 is 0. The maximum atomic E-state index is 10.1. The molecule has 0 aliphatic carbocycles. The summed E-state index contributed by atoms with van der Waals surface area (Å²) in [5.74, 6) is -1.33. The number of rotatable bonds is 1. The maximum Gasteiger partial charge on any atom is 0.357 e. The number of aliphatic hydroxyl groups is 1. The first-order valence-corrected chi connectivity index (χ1v) is 2.31. The fourth-order valence-electron chi connectivity index (χ4n) is 0.480. The smallest absolute Gasteiger partial charge is 0.357 e. The zero-order valence-electron chi connectivity index (χ0n) is 4.46. The van der Waals surface area contributed by atoms with Gasteiger partial charge in [0.1, 0.15) is 0 Å². The molecule has 5 nitrogen and oxygen atoms in total. The van der Waals surface area contributed by atoms with Crippen molar-refractivity contribution < 1.29 is 15.0 Å². The van der Waals surface area contributed by atoms with E-state index in [1.54, 1.807) is 0 Å². The lowest BCUT2D eigenvalue weighted by Gasteiger charge is -2.13. The first kappa shape index (κ1) is 6.06. The molecule has 5 heteroatoms. The predicted molar refractivity (Wildman–Crippen MR) is 28.0 cm³/mol. The van der Waals surface area contributed by atoms with Gasteiger partial charge in [0, 0.05) is 6.20 Å². The van der Waals surface area contributed by atoms with Gasteiger partial charge >= 0.3 is 5.97 Å². The molecule has 0 amide bonds. The topological polar surface area (TPSA) is 81.6 Å². The third kappa shape index (κ3) is 0.868. The summed E-state index contributed by atoms with van der Waals surface area (Å²) in [6.07, 6.45) is 2.42. The van der Waals surface area contributed by atoms with Gasteiger partial charge in [-0.3, -0.25) is 0 Å². The Bertz CT molecular complexity index is 167. The van der Waals surface area contributed by atoms with Crippen LogP contribution in [-0.4, -0.2) is 21.9 Å². The summed E-state index contributed by atoms with van der Waals surface area (Å²) < 4.78 is 0. The Hall–Kier alpha value is -1.07. The van der Waals surface area contributed by atoms with Crippen LogP contribution in [0.2, 0.25) is 0 Å². The van der Waals surface area contributed by atoms with E-state index in [-0.39, 0.29) is 0 Å².